The highest BCUT2D eigenvalue weighted by Crippen LogP contribution is 2.35. The first-order valence-electron chi connectivity index (χ1n) is 7.37. The van der Waals surface area contributed by atoms with E-state index < -0.39 is 12.0 Å². The summed E-state index contributed by atoms with van der Waals surface area (Å²) in [5.41, 5.74) is 1.96. The Bertz CT molecular complexity index is 771. The van der Waals surface area contributed by atoms with E-state index in [0.29, 0.717) is 22.9 Å². The molecule has 1 saturated heterocycles. The van der Waals surface area contributed by atoms with E-state index in [1.54, 1.807) is 0 Å². The summed E-state index contributed by atoms with van der Waals surface area (Å²) in [7, 11) is 0. The average Bonchev–Trinajstić information content (AvgIpc) is 3.13. The highest BCUT2D eigenvalue weighted by atomic mass is 35.5. The van der Waals surface area contributed by atoms with Crippen molar-refractivity contribution in [1.29, 1.82) is 0 Å². The number of nitrogens with zero attached hydrogens (tertiary/aromatic N) is 1. The monoisotopic (exact) mass is 349 g/mol. The number of carbonyl (C=O) groups is 2. The first-order valence-corrected chi connectivity index (χ1v) is 8.57. The molecule has 1 atom stereocenters. The van der Waals surface area contributed by atoms with Crippen LogP contribution >= 0.6 is 22.9 Å². The van der Waals surface area contributed by atoms with Crippen LogP contribution in [0.1, 0.15) is 28.1 Å². The van der Waals surface area contributed by atoms with Crippen molar-refractivity contribution in [2.24, 2.45) is 0 Å². The maximum atomic E-state index is 12.7. The fraction of sp³-hybridized carbons (Fsp3) is 0.294. The number of aliphatic carboxylic acids is 1. The fourth-order valence-electron chi connectivity index (χ4n) is 2.91. The minimum atomic E-state index is -0.931. The summed E-state index contributed by atoms with van der Waals surface area (Å²) in [4.78, 5) is 27.0. The largest absolute Gasteiger partial charge is 0.480 e. The van der Waals surface area contributed by atoms with Crippen molar-refractivity contribution in [2.75, 3.05) is 6.54 Å². The third-order valence-corrected chi connectivity index (χ3v) is 5.52. The van der Waals surface area contributed by atoms with Crippen LogP contribution in [-0.4, -0.2) is 34.5 Å². The smallest absolute Gasteiger partial charge is 0.326 e. The van der Waals surface area contributed by atoms with Crippen molar-refractivity contribution in [3.63, 3.8) is 0 Å². The molecule has 3 rings (SSSR count). The van der Waals surface area contributed by atoms with E-state index >= 15 is 0 Å². The molecule has 1 unspecified atom stereocenters. The van der Waals surface area contributed by atoms with Crippen LogP contribution < -0.4 is 0 Å². The van der Waals surface area contributed by atoms with Crippen LogP contribution in [0.4, 0.5) is 0 Å². The first-order chi connectivity index (χ1) is 11.0. The molecule has 4 nitrogen and oxygen atoms in total. The van der Waals surface area contributed by atoms with Gasteiger partial charge in [-0.15, -0.1) is 11.3 Å². The molecule has 1 aromatic carbocycles. The standard InChI is InChI=1S/C17H16ClNO3S/c1-10-8-14(16(20)19-7-3-6-13(19)17(21)22)23-15(10)11-4-2-5-12(18)9-11/h2,4-5,8-9,13H,3,6-7H2,1H3,(H,21,22). The minimum absolute atomic E-state index is 0.198. The summed E-state index contributed by atoms with van der Waals surface area (Å²) in [5.74, 6) is -1.13. The van der Waals surface area contributed by atoms with Crippen LogP contribution in [0.25, 0.3) is 10.4 Å². The molecule has 2 heterocycles. The third kappa shape index (κ3) is 3.12. The molecule has 1 fully saturated rings. The van der Waals surface area contributed by atoms with Gasteiger partial charge in [0.05, 0.1) is 4.88 Å². The number of thiophene rings is 1. The van der Waals surface area contributed by atoms with Crippen LogP contribution in [-0.2, 0) is 4.79 Å². The maximum absolute atomic E-state index is 12.7. The van der Waals surface area contributed by atoms with Crippen LogP contribution in [0.3, 0.4) is 0 Å². The molecule has 1 amide bonds. The molecule has 0 spiro atoms. The van der Waals surface area contributed by atoms with Crippen molar-refractivity contribution in [2.45, 2.75) is 25.8 Å². The average molecular weight is 350 g/mol. The SMILES string of the molecule is Cc1cc(C(=O)N2CCCC2C(=O)O)sc1-c1cccc(Cl)c1. The Morgan fingerprint density at radius 2 is 2.13 bits per heavy atom. The summed E-state index contributed by atoms with van der Waals surface area (Å²) in [6.07, 6.45) is 1.25. The number of rotatable bonds is 3. The Morgan fingerprint density at radius 3 is 2.83 bits per heavy atom. The van der Waals surface area contributed by atoms with E-state index in [0.717, 1.165) is 22.4 Å². The normalized spacial score (nSPS) is 17.5. The third-order valence-electron chi connectivity index (χ3n) is 4.01. The zero-order chi connectivity index (χ0) is 16.6. The Hall–Kier alpha value is -1.85. The number of halogens is 1. The number of carbonyl (C=O) groups excluding carboxylic acids is 1. The molecule has 0 bridgehead atoms. The van der Waals surface area contributed by atoms with Gasteiger partial charge in [0.25, 0.3) is 5.91 Å². The second-order valence-corrected chi connectivity index (χ2v) is 7.12. The predicted octanol–water partition coefficient (Wildman–Crippen LogP) is 4.07. The number of aryl methyl sites for hydroxylation is 1. The van der Waals surface area contributed by atoms with Gasteiger partial charge in [-0.3, -0.25) is 4.79 Å². The van der Waals surface area contributed by atoms with E-state index in [1.807, 2.05) is 37.3 Å². The molecule has 0 aliphatic carbocycles. The quantitative estimate of drug-likeness (QED) is 0.908. The number of carboxylic acids is 1. The number of hydrogen-bond acceptors (Lipinski definition) is 3. The van der Waals surface area contributed by atoms with Crippen LogP contribution in [0.2, 0.25) is 5.02 Å². The second-order valence-electron chi connectivity index (χ2n) is 5.63. The van der Waals surface area contributed by atoms with E-state index in [2.05, 4.69) is 0 Å². The van der Waals surface area contributed by atoms with Crippen molar-refractivity contribution >= 4 is 34.8 Å². The van der Waals surface area contributed by atoms with Gasteiger partial charge in [0.15, 0.2) is 0 Å². The Balaban J connectivity index is 1.91. The molecule has 6 heteroatoms. The lowest BCUT2D eigenvalue weighted by molar-refractivity contribution is -0.141. The van der Waals surface area contributed by atoms with Gasteiger partial charge < -0.3 is 10.0 Å². The molecule has 0 radical (unpaired) electrons. The number of likely N-dealkylation sites (tertiary alicyclic amines) is 1. The highest BCUT2D eigenvalue weighted by molar-refractivity contribution is 7.17. The van der Waals surface area contributed by atoms with Crippen molar-refractivity contribution in [3.05, 3.63) is 45.8 Å². The lowest BCUT2D eigenvalue weighted by atomic mass is 10.1. The Morgan fingerprint density at radius 1 is 1.35 bits per heavy atom. The first kappa shape index (κ1) is 16.0. The maximum Gasteiger partial charge on any atom is 0.326 e. The molecule has 2 aromatic rings. The highest BCUT2D eigenvalue weighted by Gasteiger charge is 2.35. The van der Waals surface area contributed by atoms with Gasteiger partial charge >= 0.3 is 5.97 Å². The van der Waals surface area contributed by atoms with E-state index in [-0.39, 0.29) is 5.91 Å². The zero-order valence-electron chi connectivity index (χ0n) is 12.6. The summed E-state index contributed by atoms with van der Waals surface area (Å²) < 4.78 is 0. The number of amides is 1. The van der Waals surface area contributed by atoms with Gasteiger partial charge in [-0.1, -0.05) is 23.7 Å². The Labute approximate surface area is 143 Å². The van der Waals surface area contributed by atoms with E-state index in [1.165, 1.54) is 16.2 Å². The van der Waals surface area contributed by atoms with Gasteiger partial charge in [-0.25, -0.2) is 4.79 Å². The number of benzene rings is 1. The van der Waals surface area contributed by atoms with Crippen LogP contribution in [0.5, 0.6) is 0 Å². The summed E-state index contributed by atoms with van der Waals surface area (Å²) in [5, 5.41) is 9.89. The summed E-state index contributed by atoms with van der Waals surface area (Å²) in [6.45, 7) is 2.45. The molecular formula is C17H16ClNO3S. The lowest BCUT2D eigenvalue weighted by Gasteiger charge is -2.20. The number of hydrogen-bond donors (Lipinski definition) is 1. The molecule has 1 aromatic heterocycles. The molecular weight excluding hydrogens is 334 g/mol. The topological polar surface area (TPSA) is 57.6 Å². The van der Waals surface area contributed by atoms with E-state index in [4.69, 9.17) is 11.6 Å². The molecule has 1 aliphatic heterocycles. The molecule has 1 aliphatic rings. The van der Waals surface area contributed by atoms with Crippen LogP contribution in [0, 0.1) is 6.92 Å². The molecule has 0 saturated carbocycles. The van der Waals surface area contributed by atoms with Crippen molar-refractivity contribution in [1.82, 2.24) is 4.90 Å². The molecule has 1 N–H and O–H groups in total. The van der Waals surface area contributed by atoms with E-state index in [9.17, 15) is 14.7 Å². The zero-order valence-corrected chi connectivity index (χ0v) is 14.2. The van der Waals surface area contributed by atoms with Crippen molar-refractivity contribution in [3.8, 4) is 10.4 Å². The fourth-order valence-corrected chi connectivity index (χ4v) is 4.23. The van der Waals surface area contributed by atoms with Gasteiger partial charge in [0.1, 0.15) is 6.04 Å². The predicted molar refractivity (Wildman–Crippen MR) is 91.2 cm³/mol. The molecule has 120 valence electrons. The minimum Gasteiger partial charge on any atom is -0.480 e. The number of carboxylic acid groups (broad SMARTS) is 1. The lowest BCUT2D eigenvalue weighted by Crippen LogP contribution is -2.40. The summed E-state index contributed by atoms with van der Waals surface area (Å²) in [6, 6.07) is 8.63. The van der Waals surface area contributed by atoms with Gasteiger partial charge in [-0.05, 0) is 49.1 Å². The van der Waals surface area contributed by atoms with Gasteiger partial charge in [0.2, 0.25) is 0 Å². The second kappa shape index (κ2) is 6.34. The van der Waals surface area contributed by atoms with Crippen LogP contribution in [0.15, 0.2) is 30.3 Å². The van der Waals surface area contributed by atoms with Gasteiger partial charge in [-0.2, -0.15) is 0 Å². The molecule has 23 heavy (non-hydrogen) atoms. The summed E-state index contributed by atoms with van der Waals surface area (Å²) >= 11 is 7.43. The van der Waals surface area contributed by atoms with Crippen molar-refractivity contribution < 1.29 is 14.7 Å². The van der Waals surface area contributed by atoms with Gasteiger partial charge in [0, 0.05) is 16.4 Å². The Kier molecular flexibility index (Phi) is 4.41.